The van der Waals surface area contributed by atoms with Crippen LogP contribution in [0.2, 0.25) is 0 Å². The van der Waals surface area contributed by atoms with Gasteiger partial charge >= 0.3 is 0 Å². The quantitative estimate of drug-likeness (QED) is 0.631. The van der Waals surface area contributed by atoms with Crippen LogP contribution in [0.3, 0.4) is 0 Å². The number of ether oxygens (including phenoxy) is 1. The number of nitrogens with two attached hydrogens (primary N) is 1. The Morgan fingerprint density at radius 1 is 1.64 bits per heavy atom. The van der Waals surface area contributed by atoms with Gasteiger partial charge in [0.05, 0.1) is 6.61 Å². The van der Waals surface area contributed by atoms with E-state index in [1.807, 2.05) is 13.8 Å². The molecule has 82 valence electrons. The third kappa shape index (κ3) is 4.39. The summed E-state index contributed by atoms with van der Waals surface area (Å²) in [7, 11) is 1.53. The molecule has 0 spiro atoms. The number of methoxy groups -OCH3 is 1. The third-order valence-electron chi connectivity index (χ3n) is 1.82. The Morgan fingerprint density at radius 3 is 2.57 bits per heavy atom. The highest BCUT2D eigenvalue weighted by atomic mass is 16.5. The molecule has 1 atom stereocenters. The van der Waals surface area contributed by atoms with Crippen LogP contribution < -0.4 is 5.73 Å². The van der Waals surface area contributed by atoms with Crippen LogP contribution in [0.25, 0.3) is 0 Å². The monoisotopic (exact) mass is 200 g/mol. The van der Waals surface area contributed by atoms with Gasteiger partial charge in [0.25, 0.3) is 0 Å². The van der Waals surface area contributed by atoms with E-state index >= 15 is 0 Å². The molecule has 0 heterocycles. The van der Waals surface area contributed by atoms with Crippen molar-refractivity contribution in [3.8, 4) is 0 Å². The summed E-state index contributed by atoms with van der Waals surface area (Å²) >= 11 is 0. The standard InChI is InChI=1S/C10H20N2O2/c1-5-12(6-8(2)3)10(13)9(11)7-14-4/h9H,2,5-7,11H2,1,3-4H3. The van der Waals surface area contributed by atoms with Gasteiger partial charge in [0.2, 0.25) is 5.91 Å². The fourth-order valence-corrected chi connectivity index (χ4v) is 1.16. The lowest BCUT2D eigenvalue weighted by molar-refractivity contribution is -0.133. The molecule has 0 aromatic rings. The number of nitrogens with zero attached hydrogens (tertiary/aromatic N) is 1. The fourth-order valence-electron chi connectivity index (χ4n) is 1.16. The first-order chi connectivity index (χ1) is 6.52. The van der Waals surface area contributed by atoms with Crippen LogP contribution in [-0.4, -0.2) is 43.7 Å². The van der Waals surface area contributed by atoms with Crippen LogP contribution in [0.5, 0.6) is 0 Å². The summed E-state index contributed by atoms with van der Waals surface area (Å²) in [5, 5.41) is 0. The summed E-state index contributed by atoms with van der Waals surface area (Å²) in [6.07, 6.45) is 0. The lowest BCUT2D eigenvalue weighted by Gasteiger charge is -2.24. The zero-order chi connectivity index (χ0) is 11.1. The van der Waals surface area contributed by atoms with Crippen LogP contribution in [-0.2, 0) is 9.53 Å². The third-order valence-corrected chi connectivity index (χ3v) is 1.82. The molecule has 0 aliphatic heterocycles. The van der Waals surface area contributed by atoms with Crippen molar-refractivity contribution in [1.82, 2.24) is 4.90 Å². The number of hydrogen-bond donors (Lipinski definition) is 1. The second kappa shape index (κ2) is 6.56. The van der Waals surface area contributed by atoms with E-state index in [-0.39, 0.29) is 12.5 Å². The number of amides is 1. The Balaban J connectivity index is 4.22. The maximum absolute atomic E-state index is 11.7. The topological polar surface area (TPSA) is 55.6 Å². The average molecular weight is 200 g/mol. The van der Waals surface area contributed by atoms with Gasteiger partial charge in [-0.15, -0.1) is 0 Å². The summed E-state index contributed by atoms with van der Waals surface area (Å²) in [6, 6.07) is -0.570. The van der Waals surface area contributed by atoms with Gasteiger partial charge in [-0.3, -0.25) is 4.79 Å². The average Bonchev–Trinajstić information content (AvgIpc) is 2.13. The van der Waals surface area contributed by atoms with E-state index in [9.17, 15) is 4.79 Å². The molecule has 1 amide bonds. The molecule has 0 aliphatic carbocycles. The fraction of sp³-hybridized carbons (Fsp3) is 0.700. The van der Waals surface area contributed by atoms with Crippen molar-refractivity contribution in [3.63, 3.8) is 0 Å². The maximum Gasteiger partial charge on any atom is 0.242 e. The Morgan fingerprint density at radius 2 is 2.21 bits per heavy atom. The second-order valence-corrected chi connectivity index (χ2v) is 3.37. The Kier molecular flexibility index (Phi) is 6.16. The lowest BCUT2D eigenvalue weighted by atomic mass is 10.2. The lowest BCUT2D eigenvalue weighted by Crippen LogP contribution is -2.46. The van der Waals surface area contributed by atoms with E-state index < -0.39 is 6.04 Å². The van der Waals surface area contributed by atoms with Gasteiger partial charge in [-0.1, -0.05) is 12.2 Å². The van der Waals surface area contributed by atoms with Gasteiger partial charge in [0, 0.05) is 20.2 Å². The molecule has 0 fully saturated rings. The molecule has 4 nitrogen and oxygen atoms in total. The Hall–Kier alpha value is -0.870. The molecular formula is C10H20N2O2. The summed E-state index contributed by atoms with van der Waals surface area (Å²) in [4.78, 5) is 13.4. The molecule has 14 heavy (non-hydrogen) atoms. The van der Waals surface area contributed by atoms with Gasteiger partial charge in [-0.05, 0) is 13.8 Å². The summed E-state index contributed by atoms with van der Waals surface area (Å²) in [5.41, 5.74) is 6.58. The molecule has 0 bridgehead atoms. The largest absolute Gasteiger partial charge is 0.383 e. The van der Waals surface area contributed by atoms with Crippen LogP contribution in [0.1, 0.15) is 13.8 Å². The smallest absolute Gasteiger partial charge is 0.242 e. The predicted octanol–water partition coefficient (Wildman–Crippen LogP) is 0.385. The van der Waals surface area contributed by atoms with Gasteiger partial charge in [0.1, 0.15) is 6.04 Å². The van der Waals surface area contributed by atoms with Crippen molar-refractivity contribution < 1.29 is 9.53 Å². The molecule has 0 saturated carbocycles. The summed E-state index contributed by atoms with van der Waals surface area (Å²) < 4.78 is 4.83. The van der Waals surface area contributed by atoms with E-state index in [0.717, 1.165) is 5.57 Å². The zero-order valence-corrected chi connectivity index (χ0v) is 9.25. The van der Waals surface area contributed by atoms with E-state index in [1.165, 1.54) is 7.11 Å². The molecule has 0 aromatic heterocycles. The highest BCUT2D eigenvalue weighted by Gasteiger charge is 2.19. The van der Waals surface area contributed by atoms with Gasteiger partial charge in [0.15, 0.2) is 0 Å². The molecule has 2 N–H and O–H groups in total. The minimum atomic E-state index is -0.570. The number of hydrogen-bond acceptors (Lipinski definition) is 3. The first kappa shape index (κ1) is 13.1. The molecule has 0 rings (SSSR count). The van der Waals surface area contributed by atoms with Crippen molar-refractivity contribution in [2.24, 2.45) is 5.73 Å². The van der Waals surface area contributed by atoms with Crippen molar-refractivity contribution in [3.05, 3.63) is 12.2 Å². The minimum Gasteiger partial charge on any atom is -0.383 e. The first-order valence-corrected chi connectivity index (χ1v) is 4.70. The summed E-state index contributed by atoms with van der Waals surface area (Å²) in [6.45, 7) is 9.03. The van der Waals surface area contributed by atoms with Crippen molar-refractivity contribution >= 4 is 5.91 Å². The molecule has 0 saturated heterocycles. The van der Waals surface area contributed by atoms with Crippen LogP contribution in [0.15, 0.2) is 12.2 Å². The van der Waals surface area contributed by atoms with E-state index in [2.05, 4.69) is 6.58 Å². The van der Waals surface area contributed by atoms with Gasteiger partial charge in [-0.2, -0.15) is 0 Å². The minimum absolute atomic E-state index is 0.0858. The number of carbonyl (C=O) groups is 1. The second-order valence-electron chi connectivity index (χ2n) is 3.37. The SMILES string of the molecule is C=C(C)CN(CC)C(=O)C(N)COC. The molecule has 0 radical (unpaired) electrons. The van der Waals surface area contributed by atoms with E-state index in [1.54, 1.807) is 4.90 Å². The van der Waals surface area contributed by atoms with Crippen LogP contribution in [0, 0.1) is 0 Å². The molecular weight excluding hydrogens is 180 g/mol. The number of rotatable bonds is 6. The maximum atomic E-state index is 11.7. The summed E-state index contributed by atoms with van der Waals surface area (Å²) in [5.74, 6) is -0.0858. The highest BCUT2D eigenvalue weighted by Crippen LogP contribution is 1.99. The van der Waals surface area contributed by atoms with Gasteiger partial charge in [-0.25, -0.2) is 0 Å². The number of likely N-dealkylation sites (N-methyl/N-ethyl adjacent to an activating group) is 1. The van der Waals surface area contributed by atoms with E-state index in [0.29, 0.717) is 13.1 Å². The normalized spacial score (nSPS) is 12.3. The zero-order valence-electron chi connectivity index (χ0n) is 9.25. The first-order valence-electron chi connectivity index (χ1n) is 4.70. The Labute approximate surface area is 85.7 Å². The molecule has 0 aromatic carbocycles. The van der Waals surface area contributed by atoms with E-state index in [4.69, 9.17) is 10.5 Å². The highest BCUT2D eigenvalue weighted by molar-refractivity contribution is 5.82. The van der Waals surface area contributed by atoms with Crippen LogP contribution in [0.4, 0.5) is 0 Å². The molecule has 1 unspecified atom stereocenters. The van der Waals surface area contributed by atoms with Crippen LogP contribution >= 0.6 is 0 Å². The predicted molar refractivity (Wildman–Crippen MR) is 56.9 cm³/mol. The van der Waals surface area contributed by atoms with Crippen molar-refractivity contribution in [2.75, 3.05) is 26.8 Å². The molecule has 4 heteroatoms. The van der Waals surface area contributed by atoms with Crippen molar-refractivity contribution in [1.29, 1.82) is 0 Å². The Bertz CT molecular complexity index is 204. The number of carbonyl (C=O) groups excluding carboxylic acids is 1. The van der Waals surface area contributed by atoms with Gasteiger partial charge < -0.3 is 15.4 Å². The molecule has 0 aliphatic rings. The van der Waals surface area contributed by atoms with Crippen molar-refractivity contribution in [2.45, 2.75) is 19.9 Å².